The van der Waals surface area contributed by atoms with Gasteiger partial charge in [0.05, 0.1) is 19.3 Å². The molecule has 1 nitrogen and oxygen atoms in total. The molecule has 0 aliphatic carbocycles. The molecular formula is C38H54OS4. The minimum atomic E-state index is 0.147. The SMILES string of the molecule is CCCCCCCCc1ccsc1-c1sc(-c2sccc2CCCCCCCC)c2sc(C(=O)C(CC)CCCC)cc12. The second kappa shape index (κ2) is 18.6. The number of rotatable bonds is 22. The molecule has 0 aromatic carbocycles. The molecule has 0 bridgehead atoms. The number of hydrogen-bond donors (Lipinski definition) is 0. The van der Waals surface area contributed by atoms with Crippen molar-refractivity contribution in [1.29, 1.82) is 0 Å². The first-order chi connectivity index (χ1) is 21.1. The third kappa shape index (κ3) is 9.37. The standard InChI is InChI=1S/C38H54OS4/c1-5-9-12-14-16-18-21-29-23-25-40-34(29)36-31-27-32(33(39)28(8-4)20-11-7-3)42-37(31)38(43-36)35-30(24-26-41-35)22-19-17-15-13-10-6-2/h23-28H,5-22H2,1-4H3. The van der Waals surface area contributed by atoms with Gasteiger partial charge >= 0.3 is 0 Å². The van der Waals surface area contributed by atoms with E-state index in [1.807, 2.05) is 34.0 Å². The molecule has 4 heterocycles. The van der Waals surface area contributed by atoms with Crippen LogP contribution < -0.4 is 0 Å². The van der Waals surface area contributed by atoms with E-state index in [1.54, 1.807) is 11.3 Å². The van der Waals surface area contributed by atoms with E-state index < -0.39 is 0 Å². The third-order valence-electron chi connectivity index (χ3n) is 8.90. The van der Waals surface area contributed by atoms with Gasteiger partial charge in [-0.3, -0.25) is 4.79 Å². The van der Waals surface area contributed by atoms with Gasteiger partial charge in [-0.1, -0.05) is 105 Å². The van der Waals surface area contributed by atoms with E-state index in [0.717, 1.165) is 43.4 Å². The number of carbonyl (C=O) groups is 1. The van der Waals surface area contributed by atoms with Crippen molar-refractivity contribution in [1.82, 2.24) is 0 Å². The van der Waals surface area contributed by atoms with Gasteiger partial charge in [-0.2, -0.15) is 0 Å². The number of carbonyl (C=O) groups excluding carboxylic acids is 1. The number of unbranched alkanes of at least 4 members (excludes halogenated alkanes) is 11. The number of hydrogen-bond acceptors (Lipinski definition) is 5. The first-order valence-electron chi connectivity index (χ1n) is 17.4. The van der Waals surface area contributed by atoms with Crippen molar-refractivity contribution in [3.63, 3.8) is 0 Å². The van der Waals surface area contributed by atoms with Crippen molar-refractivity contribution >= 4 is 61.2 Å². The molecule has 236 valence electrons. The molecule has 0 aliphatic rings. The van der Waals surface area contributed by atoms with E-state index in [1.165, 1.54) is 118 Å². The monoisotopic (exact) mass is 654 g/mol. The van der Waals surface area contributed by atoms with Gasteiger partial charge in [0.1, 0.15) is 0 Å². The van der Waals surface area contributed by atoms with Crippen molar-refractivity contribution in [2.45, 2.75) is 143 Å². The molecule has 0 spiro atoms. The quantitative estimate of drug-likeness (QED) is 0.0609. The number of ketones is 1. The maximum absolute atomic E-state index is 13.8. The summed E-state index contributed by atoms with van der Waals surface area (Å²) in [5, 5.41) is 5.90. The Kier molecular flexibility index (Phi) is 15.0. The molecule has 4 aromatic heterocycles. The van der Waals surface area contributed by atoms with Crippen LogP contribution in [0.5, 0.6) is 0 Å². The lowest BCUT2D eigenvalue weighted by atomic mass is 9.94. The van der Waals surface area contributed by atoms with Crippen LogP contribution in [-0.4, -0.2) is 5.78 Å². The summed E-state index contributed by atoms with van der Waals surface area (Å²) in [4.78, 5) is 20.5. The molecule has 0 fully saturated rings. The minimum absolute atomic E-state index is 0.147. The van der Waals surface area contributed by atoms with Crippen molar-refractivity contribution < 1.29 is 4.79 Å². The predicted octanol–water partition coefficient (Wildman–Crippen LogP) is 14.6. The van der Waals surface area contributed by atoms with Crippen molar-refractivity contribution in [2.24, 2.45) is 5.92 Å². The molecule has 0 saturated heterocycles. The molecule has 0 amide bonds. The Morgan fingerprint density at radius 2 is 1.16 bits per heavy atom. The Balaban J connectivity index is 1.65. The number of aryl methyl sites for hydroxylation is 2. The lowest BCUT2D eigenvalue weighted by molar-refractivity contribution is 0.0912. The molecule has 1 atom stereocenters. The summed E-state index contributed by atoms with van der Waals surface area (Å²) in [5.41, 5.74) is 3.01. The highest BCUT2D eigenvalue weighted by Gasteiger charge is 2.26. The van der Waals surface area contributed by atoms with Crippen molar-refractivity contribution in [2.75, 3.05) is 0 Å². The fourth-order valence-electron chi connectivity index (χ4n) is 6.20. The number of fused-ring (bicyclic) bond motifs is 1. The van der Waals surface area contributed by atoms with Crippen LogP contribution in [0.4, 0.5) is 0 Å². The molecule has 4 aromatic rings. The van der Waals surface area contributed by atoms with Gasteiger partial charge in [0, 0.05) is 21.1 Å². The maximum Gasteiger partial charge on any atom is 0.175 e. The van der Waals surface area contributed by atoms with E-state index in [4.69, 9.17) is 0 Å². The second-order valence-electron chi connectivity index (χ2n) is 12.3. The average molecular weight is 655 g/mol. The molecular weight excluding hydrogens is 601 g/mol. The van der Waals surface area contributed by atoms with Gasteiger partial charge in [0.2, 0.25) is 0 Å². The second-order valence-corrected chi connectivity index (χ2v) is 16.2. The lowest BCUT2D eigenvalue weighted by Crippen LogP contribution is -2.12. The zero-order valence-corrected chi connectivity index (χ0v) is 30.5. The highest BCUT2D eigenvalue weighted by atomic mass is 32.1. The maximum atomic E-state index is 13.8. The summed E-state index contributed by atoms with van der Waals surface area (Å²) in [7, 11) is 0. The van der Waals surface area contributed by atoms with E-state index in [-0.39, 0.29) is 5.92 Å². The van der Waals surface area contributed by atoms with E-state index in [9.17, 15) is 4.79 Å². The molecule has 0 radical (unpaired) electrons. The Hall–Kier alpha value is -1.27. The van der Waals surface area contributed by atoms with Crippen LogP contribution in [0.15, 0.2) is 29.0 Å². The summed E-state index contributed by atoms with van der Waals surface area (Å²) < 4.78 is 1.35. The first-order valence-corrected chi connectivity index (χ1v) is 20.8. The van der Waals surface area contributed by atoms with Gasteiger partial charge < -0.3 is 0 Å². The van der Waals surface area contributed by atoms with Gasteiger partial charge in [0.25, 0.3) is 0 Å². The summed E-state index contributed by atoms with van der Waals surface area (Å²) in [6, 6.07) is 7.01. The van der Waals surface area contributed by atoms with E-state index >= 15 is 0 Å². The highest BCUT2D eigenvalue weighted by molar-refractivity contribution is 7.32. The van der Waals surface area contributed by atoms with Crippen LogP contribution in [0.3, 0.4) is 0 Å². The normalized spacial score (nSPS) is 12.5. The average Bonchev–Trinajstić information content (AvgIpc) is 3.81. The molecule has 0 aliphatic heterocycles. The highest BCUT2D eigenvalue weighted by Crippen LogP contribution is 2.52. The minimum Gasteiger partial charge on any atom is -0.293 e. The molecule has 5 heteroatoms. The summed E-state index contributed by atoms with van der Waals surface area (Å²) in [6.07, 6.45) is 22.5. The van der Waals surface area contributed by atoms with Crippen LogP contribution >= 0.6 is 45.3 Å². The smallest absolute Gasteiger partial charge is 0.175 e. The third-order valence-corrected chi connectivity index (χ3v) is 13.6. The largest absolute Gasteiger partial charge is 0.293 e. The summed E-state index contributed by atoms with van der Waals surface area (Å²) >= 11 is 7.57. The predicted molar refractivity (Wildman–Crippen MR) is 198 cm³/mol. The van der Waals surface area contributed by atoms with Crippen molar-refractivity contribution in [3.05, 3.63) is 45.0 Å². The fraction of sp³-hybridized carbons (Fsp3) is 0.605. The summed E-state index contributed by atoms with van der Waals surface area (Å²) in [6.45, 7) is 8.99. The fourth-order valence-corrected chi connectivity index (χ4v) is 11.2. The molecule has 4 rings (SSSR count). The Morgan fingerprint density at radius 1 is 0.628 bits per heavy atom. The zero-order chi connectivity index (χ0) is 30.4. The van der Waals surface area contributed by atoms with Crippen LogP contribution in [0, 0.1) is 5.92 Å². The zero-order valence-electron chi connectivity index (χ0n) is 27.2. The Labute approximate surface area is 278 Å². The van der Waals surface area contributed by atoms with Crippen molar-refractivity contribution in [3.8, 4) is 19.5 Å². The van der Waals surface area contributed by atoms with Crippen LogP contribution in [0.2, 0.25) is 0 Å². The van der Waals surface area contributed by atoms with Gasteiger partial charge in [-0.15, -0.1) is 45.3 Å². The van der Waals surface area contributed by atoms with E-state index in [2.05, 4.69) is 56.7 Å². The van der Waals surface area contributed by atoms with Gasteiger partial charge in [-0.05, 0) is 78.6 Å². The molecule has 43 heavy (non-hydrogen) atoms. The topological polar surface area (TPSA) is 17.1 Å². The Morgan fingerprint density at radius 3 is 1.72 bits per heavy atom. The summed E-state index contributed by atoms with van der Waals surface area (Å²) in [5.74, 6) is 0.518. The van der Waals surface area contributed by atoms with Gasteiger partial charge in [0.15, 0.2) is 5.78 Å². The lowest BCUT2D eigenvalue weighted by Gasteiger charge is -2.11. The molecule has 0 N–H and O–H groups in total. The molecule has 0 saturated carbocycles. The number of thiophene rings is 4. The van der Waals surface area contributed by atoms with Crippen LogP contribution in [-0.2, 0) is 12.8 Å². The molecule has 1 unspecified atom stereocenters. The van der Waals surface area contributed by atoms with Crippen LogP contribution in [0.1, 0.15) is 151 Å². The first kappa shape index (κ1) is 34.6. The van der Waals surface area contributed by atoms with Gasteiger partial charge in [-0.25, -0.2) is 0 Å². The Bertz CT molecular complexity index is 1280. The van der Waals surface area contributed by atoms with Crippen LogP contribution in [0.25, 0.3) is 29.6 Å². The number of Topliss-reactive ketones (excluding diaryl/α,β-unsaturated/α-hetero) is 1. The van der Waals surface area contributed by atoms with E-state index in [0.29, 0.717) is 5.78 Å².